The van der Waals surface area contributed by atoms with Gasteiger partial charge in [-0.1, -0.05) is 0 Å². The van der Waals surface area contributed by atoms with Crippen molar-refractivity contribution in [1.82, 2.24) is 15.3 Å². The number of aryl methyl sites for hydroxylation is 2. The van der Waals surface area contributed by atoms with Crippen LogP contribution in [0.25, 0.3) is 10.7 Å². The molecule has 90 valence electrons. The van der Waals surface area contributed by atoms with Gasteiger partial charge in [0.25, 0.3) is 0 Å². The summed E-state index contributed by atoms with van der Waals surface area (Å²) in [5.74, 6) is 0. The molecule has 2 heterocycles. The van der Waals surface area contributed by atoms with Gasteiger partial charge in [-0.05, 0) is 33.2 Å². The summed E-state index contributed by atoms with van der Waals surface area (Å²) in [6.45, 7) is 2.04. The smallest absolute Gasteiger partial charge is 0.143 e. The quantitative estimate of drug-likeness (QED) is 0.906. The van der Waals surface area contributed by atoms with Crippen LogP contribution >= 0.6 is 22.7 Å². The van der Waals surface area contributed by atoms with E-state index in [0.29, 0.717) is 6.04 Å². The molecule has 0 bridgehead atoms. The Hall–Kier alpha value is -0.780. The molecule has 0 spiro atoms. The zero-order chi connectivity index (χ0) is 11.8. The Morgan fingerprint density at radius 2 is 2.29 bits per heavy atom. The SMILES string of the molecule is CNC1CCCc2sc(-c3csc(C)n3)nc21. The molecule has 17 heavy (non-hydrogen) atoms. The van der Waals surface area contributed by atoms with Gasteiger partial charge in [0.05, 0.1) is 16.7 Å². The average Bonchev–Trinajstić information content (AvgIpc) is 2.93. The number of thiazole rings is 2. The summed E-state index contributed by atoms with van der Waals surface area (Å²) >= 11 is 3.51. The number of hydrogen-bond acceptors (Lipinski definition) is 5. The molecular weight excluding hydrogens is 250 g/mol. The number of fused-ring (bicyclic) bond motifs is 1. The minimum Gasteiger partial charge on any atom is -0.312 e. The summed E-state index contributed by atoms with van der Waals surface area (Å²) in [5, 5.41) is 7.66. The van der Waals surface area contributed by atoms with E-state index in [9.17, 15) is 0 Å². The van der Waals surface area contributed by atoms with Crippen LogP contribution in [0.3, 0.4) is 0 Å². The summed E-state index contributed by atoms with van der Waals surface area (Å²) in [4.78, 5) is 10.7. The molecule has 3 rings (SSSR count). The zero-order valence-corrected chi connectivity index (χ0v) is 11.6. The summed E-state index contributed by atoms with van der Waals surface area (Å²) in [6.07, 6.45) is 3.63. The third-order valence-electron chi connectivity index (χ3n) is 3.14. The molecule has 0 fully saturated rings. The standard InChI is InChI=1S/C12H15N3S2/c1-7-14-9(6-16-7)12-15-11-8(13-2)4-3-5-10(11)17-12/h6,8,13H,3-5H2,1-2H3. The van der Waals surface area contributed by atoms with Crippen molar-refractivity contribution in [3.63, 3.8) is 0 Å². The predicted octanol–water partition coefficient (Wildman–Crippen LogP) is 3.17. The molecule has 2 aromatic rings. The molecule has 1 atom stereocenters. The lowest BCUT2D eigenvalue weighted by atomic mass is 9.98. The molecule has 0 aliphatic heterocycles. The Kier molecular flexibility index (Phi) is 2.98. The number of nitrogens with one attached hydrogen (secondary N) is 1. The minimum atomic E-state index is 0.434. The van der Waals surface area contributed by atoms with Crippen molar-refractivity contribution in [1.29, 1.82) is 0 Å². The molecule has 0 saturated carbocycles. The normalized spacial score (nSPS) is 19.3. The molecule has 0 aromatic carbocycles. The van der Waals surface area contributed by atoms with E-state index in [0.717, 1.165) is 15.7 Å². The Morgan fingerprint density at radius 1 is 1.41 bits per heavy atom. The number of hydrogen-bond donors (Lipinski definition) is 1. The van der Waals surface area contributed by atoms with E-state index < -0.39 is 0 Å². The number of rotatable bonds is 2. The van der Waals surface area contributed by atoms with Gasteiger partial charge in [-0.15, -0.1) is 22.7 Å². The van der Waals surface area contributed by atoms with E-state index in [1.165, 1.54) is 29.8 Å². The summed E-state index contributed by atoms with van der Waals surface area (Å²) in [7, 11) is 2.02. The highest BCUT2D eigenvalue weighted by Gasteiger charge is 2.24. The molecular formula is C12H15N3S2. The van der Waals surface area contributed by atoms with E-state index in [4.69, 9.17) is 4.98 Å². The van der Waals surface area contributed by atoms with Gasteiger partial charge in [-0.3, -0.25) is 0 Å². The fourth-order valence-electron chi connectivity index (χ4n) is 2.27. The van der Waals surface area contributed by atoms with Crippen LogP contribution in [0.5, 0.6) is 0 Å². The van der Waals surface area contributed by atoms with Crippen LogP contribution in [-0.4, -0.2) is 17.0 Å². The zero-order valence-electron chi connectivity index (χ0n) is 9.99. The second kappa shape index (κ2) is 4.48. The first-order valence-electron chi connectivity index (χ1n) is 5.87. The van der Waals surface area contributed by atoms with Crippen molar-refractivity contribution in [2.75, 3.05) is 7.05 Å². The predicted molar refractivity (Wildman–Crippen MR) is 72.7 cm³/mol. The third kappa shape index (κ3) is 2.03. The minimum absolute atomic E-state index is 0.434. The van der Waals surface area contributed by atoms with Crippen LogP contribution in [0.1, 0.15) is 34.5 Å². The summed E-state index contributed by atoms with van der Waals surface area (Å²) < 4.78 is 0. The Bertz CT molecular complexity index is 530. The van der Waals surface area contributed by atoms with E-state index in [1.807, 2.05) is 25.3 Å². The van der Waals surface area contributed by atoms with E-state index in [1.54, 1.807) is 11.3 Å². The van der Waals surface area contributed by atoms with Crippen molar-refractivity contribution in [2.24, 2.45) is 0 Å². The molecule has 0 amide bonds. The van der Waals surface area contributed by atoms with Crippen molar-refractivity contribution in [3.05, 3.63) is 21.0 Å². The Labute approximate surface area is 109 Å². The van der Waals surface area contributed by atoms with Crippen LogP contribution in [0.2, 0.25) is 0 Å². The average molecular weight is 265 g/mol. The monoisotopic (exact) mass is 265 g/mol. The van der Waals surface area contributed by atoms with E-state index >= 15 is 0 Å². The highest BCUT2D eigenvalue weighted by Crippen LogP contribution is 2.36. The van der Waals surface area contributed by atoms with Crippen molar-refractivity contribution in [3.8, 4) is 10.7 Å². The summed E-state index contributed by atoms with van der Waals surface area (Å²) in [5.41, 5.74) is 2.30. The van der Waals surface area contributed by atoms with E-state index in [2.05, 4.69) is 15.7 Å². The van der Waals surface area contributed by atoms with Crippen LogP contribution in [0, 0.1) is 6.92 Å². The summed E-state index contributed by atoms with van der Waals surface area (Å²) in [6, 6.07) is 0.434. The fraction of sp³-hybridized carbons (Fsp3) is 0.500. The van der Waals surface area contributed by atoms with Gasteiger partial charge in [-0.25, -0.2) is 9.97 Å². The van der Waals surface area contributed by atoms with Gasteiger partial charge >= 0.3 is 0 Å². The van der Waals surface area contributed by atoms with Gasteiger partial charge in [-0.2, -0.15) is 0 Å². The first-order chi connectivity index (χ1) is 8.28. The van der Waals surface area contributed by atoms with Gasteiger partial charge in [0.1, 0.15) is 10.7 Å². The van der Waals surface area contributed by atoms with Gasteiger partial charge in [0.15, 0.2) is 0 Å². The number of aromatic nitrogens is 2. The highest BCUT2D eigenvalue weighted by atomic mass is 32.1. The molecule has 0 radical (unpaired) electrons. The Balaban J connectivity index is 2.01. The fourth-order valence-corrected chi connectivity index (χ4v) is 4.07. The van der Waals surface area contributed by atoms with Crippen molar-refractivity contribution >= 4 is 22.7 Å². The maximum absolute atomic E-state index is 4.79. The molecule has 2 aromatic heterocycles. The van der Waals surface area contributed by atoms with Crippen molar-refractivity contribution in [2.45, 2.75) is 32.2 Å². The van der Waals surface area contributed by atoms with Gasteiger partial charge < -0.3 is 5.32 Å². The van der Waals surface area contributed by atoms with Crippen LogP contribution in [0.4, 0.5) is 0 Å². The lowest BCUT2D eigenvalue weighted by molar-refractivity contribution is 0.490. The van der Waals surface area contributed by atoms with Crippen LogP contribution < -0.4 is 5.32 Å². The van der Waals surface area contributed by atoms with Crippen molar-refractivity contribution < 1.29 is 0 Å². The van der Waals surface area contributed by atoms with Crippen LogP contribution in [-0.2, 0) is 6.42 Å². The molecule has 3 nitrogen and oxygen atoms in total. The molecule has 1 unspecified atom stereocenters. The van der Waals surface area contributed by atoms with Crippen LogP contribution in [0.15, 0.2) is 5.38 Å². The largest absolute Gasteiger partial charge is 0.312 e. The van der Waals surface area contributed by atoms with Gasteiger partial charge in [0, 0.05) is 10.3 Å². The lowest BCUT2D eigenvalue weighted by Crippen LogP contribution is -2.21. The maximum atomic E-state index is 4.79. The van der Waals surface area contributed by atoms with Gasteiger partial charge in [0.2, 0.25) is 0 Å². The molecule has 1 aliphatic rings. The molecule has 0 saturated heterocycles. The second-order valence-corrected chi connectivity index (χ2v) is 6.46. The second-order valence-electron chi connectivity index (χ2n) is 4.31. The molecule has 1 N–H and O–H groups in total. The first-order valence-corrected chi connectivity index (χ1v) is 7.57. The third-order valence-corrected chi connectivity index (χ3v) is 5.07. The molecule has 1 aliphatic carbocycles. The first kappa shape index (κ1) is 11.3. The molecule has 5 heteroatoms. The number of nitrogens with zero attached hydrogens (tertiary/aromatic N) is 2. The Morgan fingerprint density at radius 3 is 3.00 bits per heavy atom. The maximum Gasteiger partial charge on any atom is 0.143 e. The lowest BCUT2D eigenvalue weighted by Gasteiger charge is -2.19. The highest BCUT2D eigenvalue weighted by molar-refractivity contribution is 7.15. The van der Waals surface area contributed by atoms with E-state index in [-0.39, 0.29) is 0 Å². The topological polar surface area (TPSA) is 37.8 Å².